The lowest BCUT2D eigenvalue weighted by Gasteiger charge is -2.21. The van der Waals surface area contributed by atoms with Gasteiger partial charge in [-0.15, -0.1) is 0 Å². The van der Waals surface area contributed by atoms with E-state index in [1.807, 2.05) is 0 Å². The van der Waals surface area contributed by atoms with Crippen molar-refractivity contribution < 1.29 is 25.2 Å². The van der Waals surface area contributed by atoms with Gasteiger partial charge in [0, 0.05) is 26.7 Å². The summed E-state index contributed by atoms with van der Waals surface area (Å²) in [4.78, 5) is 24.7. The van der Waals surface area contributed by atoms with Crippen molar-refractivity contribution in [2.24, 2.45) is 5.73 Å². The number of ether oxygens (including phenoxy) is 3. The van der Waals surface area contributed by atoms with Crippen LogP contribution in [0.25, 0.3) is 0 Å². The first-order valence-corrected chi connectivity index (χ1v) is 7.36. The van der Waals surface area contributed by atoms with E-state index in [2.05, 4.69) is 0 Å². The van der Waals surface area contributed by atoms with Crippen LogP contribution in [-0.2, 0) is 23.8 Å². The molecular formula is C14H29N3O5. The van der Waals surface area contributed by atoms with Crippen LogP contribution in [0.3, 0.4) is 0 Å². The number of amides is 1. The predicted molar refractivity (Wildman–Crippen MR) is 82.7 cm³/mol. The summed E-state index contributed by atoms with van der Waals surface area (Å²) in [6.45, 7) is 4.45. The third-order valence-electron chi connectivity index (χ3n) is 2.61. The molecule has 0 spiro atoms. The number of nitrogens with zero attached hydrogens (tertiary/aromatic N) is 1. The highest BCUT2D eigenvalue weighted by Crippen LogP contribution is 1.92. The molecule has 0 aliphatic carbocycles. The molecule has 0 saturated carbocycles. The van der Waals surface area contributed by atoms with E-state index in [1.54, 1.807) is 7.11 Å². The minimum Gasteiger partial charge on any atom is -0.382 e. The Morgan fingerprint density at radius 2 is 1.82 bits per heavy atom. The van der Waals surface area contributed by atoms with Gasteiger partial charge in [-0.2, -0.15) is 0 Å². The number of carbonyl (C=O) groups excluding carboxylic acids is 2. The van der Waals surface area contributed by atoms with E-state index in [9.17, 15) is 9.59 Å². The second kappa shape index (κ2) is 14.9. The maximum Gasteiger partial charge on any atom is 0.237 e. The van der Waals surface area contributed by atoms with Crippen molar-refractivity contribution in [1.82, 2.24) is 10.2 Å². The van der Waals surface area contributed by atoms with Gasteiger partial charge in [-0.05, 0) is 6.92 Å². The van der Waals surface area contributed by atoms with Crippen LogP contribution >= 0.6 is 0 Å². The Bertz CT molecular complexity index is 334. The maximum absolute atomic E-state index is 12.1. The van der Waals surface area contributed by atoms with Crippen molar-refractivity contribution >= 4 is 11.7 Å². The fraction of sp³-hybridized carbons (Fsp3) is 0.857. The van der Waals surface area contributed by atoms with Crippen LogP contribution in [-0.4, -0.2) is 89.5 Å². The molecule has 0 aromatic carbocycles. The lowest BCUT2D eigenvalue weighted by atomic mass is 10.3. The lowest BCUT2D eigenvalue weighted by molar-refractivity contribution is -0.134. The minimum absolute atomic E-state index is 0.0169. The van der Waals surface area contributed by atoms with Crippen LogP contribution in [0, 0.1) is 0 Å². The van der Waals surface area contributed by atoms with Crippen LogP contribution in [0.5, 0.6) is 0 Å². The summed E-state index contributed by atoms with van der Waals surface area (Å²) in [6, 6.07) is 0. The first kappa shape index (κ1) is 19.0. The van der Waals surface area contributed by atoms with E-state index >= 15 is 0 Å². The highest BCUT2D eigenvalue weighted by atomic mass is 16.5. The molecule has 0 bridgehead atoms. The molecule has 8 nitrogen and oxygen atoms in total. The number of hydrogen-bond acceptors (Lipinski definition) is 7. The van der Waals surface area contributed by atoms with Crippen LogP contribution in [0.2, 0.25) is 1.41 Å². The molecule has 8 heteroatoms. The Morgan fingerprint density at radius 3 is 2.41 bits per heavy atom. The average Bonchev–Trinajstić information content (AvgIpc) is 2.48. The van der Waals surface area contributed by atoms with E-state index in [4.69, 9.17) is 21.4 Å². The van der Waals surface area contributed by atoms with Gasteiger partial charge in [-0.25, -0.2) is 0 Å². The summed E-state index contributed by atoms with van der Waals surface area (Å²) < 4.78 is 23.0. The van der Waals surface area contributed by atoms with Crippen molar-refractivity contribution in [2.75, 3.05) is 72.9 Å². The molecule has 0 aromatic heterocycles. The summed E-state index contributed by atoms with van der Waals surface area (Å²) in [5, 5.41) is 1.08. The first-order valence-electron chi connectivity index (χ1n) is 7.81. The van der Waals surface area contributed by atoms with Gasteiger partial charge in [-0.3, -0.25) is 9.59 Å². The zero-order valence-corrected chi connectivity index (χ0v) is 13.6. The Morgan fingerprint density at radius 1 is 1.18 bits per heavy atom. The molecule has 0 aliphatic rings. The van der Waals surface area contributed by atoms with Crippen molar-refractivity contribution in [3.63, 3.8) is 0 Å². The molecule has 0 unspecified atom stereocenters. The number of hydrogen-bond donors (Lipinski definition) is 2. The van der Waals surface area contributed by atoms with Crippen LogP contribution in [0.4, 0.5) is 0 Å². The molecule has 22 heavy (non-hydrogen) atoms. The molecule has 130 valence electrons. The monoisotopic (exact) mass is 321 g/mol. The molecule has 0 fully saturated rings. The second-order valence-corrected chi connectivity index (χ2v) is 4.63. The largest absolute Gasteiger partial charge is 0.382 e. The summed E-state index contributed by atoms with van der Waals surface area (Å²) in [5.41, 5.74) is 5.34. The Labute approximate surface area is 133 Å². The fourth-order valence-electron chi connectivity index (χ4n) is 1.57. The number of rotatable bonds is 15. The highest BCUT2D eigenvalue weighted by molar-refractivity contribution is 5.85. The molecule has 0 radical (unpaired) electrons. The van der Waals surface area contributed by atoms with Gasteiger partial charge in [0.2, 0.25) is 5.91 Å². The number of nitrogens with two attached hydrogens (primary N) is 1. The van der Waals surface area contributed by atoms with Crippen LogP contribution in [0.1, 0.15) is 6.92 Å². The number of nitrogens with one attached hydrogen (secondary N) is 1. The lowest BCUT2D eigenvalue weighted by Crippen LogP contribution is -2.43. The van der Waals surface area contributed by atoms with Crippen LogP contribution in [0.15, 0.2) is 0 Å². The maximum atomic E-state index is 12.1. The third-order valence-corrected chi connectivity index (χ3v) is 2.61. The van der Waals surface area contributed by atoms with E-state index in [0.717, 1.165) is 5.31 Å². The third kappa shape index (κ3) is 12.7. The number of carbonyl (C=O) groups is 2. The van der Waals surface area contributed by atoms with Crippen molar-refractivity contribution in [2.45, 2.75) is 6.92 Å². The van der Waals surface area contributed by atoms with Gasteiger partial charge in [0.25, 0.3) is 0 Å². The Hall–Kier alpha value is -1.06. The molecule has 1 amide bonds. The molecule has 0 rings (SSSR count). The minimum atomic E-state index is -0.288. The molecule has 0 atom stereocenters. The van der Waals surface area contributed by atoms with Gasteiger partial charge in [-0.1, -0.05) is 0 Å². The number of ketones is 1. The zero-order valence-electron chi connectivity index (χ0n) is 14.6. The molecule has 3 N–H and O–H groups in total. The molecule has 0 heterocycles. The number of Topliss-reactive ketones (excluding diaryl/α,β-unsaturated/α-hetero) is 1. The zero-order chi connectivity index (χ0) is 17.5. The van der Waals surface area contributed by atoms with Gasteiger partial charge >= 0.3 is 0 Å². The molecular weight excluding hydrogens is 290 g/mol. The summed E-state index contributed by atoms with van der Waals surface area (Å²) in [5.74, 6) is -0.403. The van der Waals surface area contributed by atoms with Gasteiger partial charge in [0.1, 0.15) is 7.20 Å². The number of methoxy groups -OCH3 is 1. The standard InChI is InChI=1S/C14H29N3O5/c1-13(18)12-17(14(19)11-16-4-3-15)5-6-21-9-10-22-8-7-20-2/h16H,3-12,15H2,1-2H3/i/hT. The topological polar surface area (TPSA) is 103 Å². The van der Waals surface area contributed by atoms with Gasteiger partial charge in [0.15, 0.2) is 0 Å². The van der Waals surface area contributed by atoms with Gasteiger partial charge < -0.3 is 30.2 Å². The predicted octanol–water partition coefficient (Wildman–Crippen LogP) is -1.37. The van der Waals surface area contributed by atoms with E-state index in [-0.39, 0.29) is 24.8 Å². The second-order valence-electron chi connectivity index (χ2n) is 4.63. The van der Waals surface area contributed by atoms with Crippen molar-refractivity contribution in [1.29, 1.82) is 0 Å². The Kier molecular flexibility index (Phi) is 12.8. The summed E-state index contributed by atoms with van der Waals surface area (Å²) in [6.07, 6.45) is 0. The highest BCUT2D eigenvalue weighted by Gasteiger charge is 2.14. The summed E-state index contributed by atoms with van der Waals surface area (Å²) in [7, 11) is 1.60. The summed E-state index contributed by atoms with van der Waals surface area (Å²) >= 11 is 0. The fourth-order valence-corrected chi connectivity index (χ4v) is 1.57. The average molecular weight is 321 g/mol. The SMILES string of the molecule is [3H]N(CCN)CC(=O)N(CCOCCOCCOC)CC(C)=O. The van der Waals surface area contributed by atoms with Crippen molar-refractivity contribution in [3.05, 3.63) is 0 Å². The molecule has 0 saturated heterocycles. The van der Waals surface area contributed by atoms with Crippen molar-refractivity contribution in [3.8, 4) is 0 Å². The molecule has 0 aliphatic heterocycles. The van der Waals surface area contributed by atoms with Gasteiger partial charge in [0.05, 0.1) is 46.1 Å². The Balaban J connectivity index is 4.00. The smallest absolute Gasteiger partial charge is 0.237 e. The quantitative estimate of drug-likeness (QED) is 0.359. The van der Waals surface area contributed by atoms with E-state index in [0.29, 0.717) is 52.7 Å². The van der Waals surface area contributed by atoms with Crippen LogP contribution < -0.4 is 11.0 Å². The first-order chi connectivity index (χ1) is 11.0. The van der Waals surface area contributed by atoms with E-state index in [1.165, 1.54) is 11.8 Å². The molecule has 0 aromatic rings. The normalized spacial score (nSPS) is 11.5. The van der Waals surface area contributed by atoms with E-state index < -0.39 is 0 Å².